The molecule has 1 aromatic carbocycles. The molecule has 2 amide bonds. The average Bonchev–Trinajstić information content (AvgIpc) is 2.78. The Bertz CT molecular complexity index is 1040. The van der Waals surface area contributed by atoms with Gasteiger partial charge in [0.15, 0.2) is 0 Å². The third-order valence-electron chi connectivity index (χ3n) is 4.88. The van der Waals surface area contributed by atoms with Gasteiger partial charge < -0.3 is 15.2 Å². The number of anilines is 1. The molecule has 0 spiro atoms. The number of nitrogens with one attached hydrogen (secondary N) is 2. The fourth-order valence-corrected chi connectivity index (χ4v) is 3.23. The minimum absolute atomic E-state index is 0.132. The van der Waals surface area contributed by atoms with Crippen LogP contribution in [0.25, 0.3) is 0 Å². The normalized spacial score (nSPS) is 11.0. The monoisotopic (exact) mass is 433 g/mol. The van der Waals surface area contributed by atoms with Crippen molar-refractivity contribution in [1.29, 1.82) is 0 Å². The van der Waals surface area contributed by atoms with E-state index in [9.17, 15) is 14.4 Å². The van der Waals surface area contributed by atoms with Gasteiger partial charge in [0.25, 0.3) is 5.56 Å². The van der Waals surface area contributed by atoms with Crippen molar-refractivity contribution >= 4 is 17.5 Å². The number of rotatable bonds is 12. The van der Waals surface area contributed by atoms with Crippen LogP contribution in [0.4, 0.5) is 5.69 Å². The van der Waals surface area contributed by atoms with Gasteiger partial charge >= 0.3 is 0 Å². The van der Waals surface area contributed by atoms with Crippen LogP contribution >= 0.6 is 0 Å². The molecule has 2 rings (SSSR count). The Morgan fingerprint density at radius 1 is 1.03 bits per heavy atom. The molecule has 0 aliphatic rings. The van der Waals surface area contributed by atoms with Gasteiger partial charge in [0, 0.05) is 25.1 Å². The average molecular weight is 434 g/mol. The molecular formula is C26H31N3O3. The molecule has 1 heterocycles. The van der Waals surface area contributed by atoms with E-state index in [1.165, 1.54) is 4.57 Å². The van der Waals surface area contributed by atoms with Crippen LogP contribution in [0.2, 0.25) is 0 Å². The van der Waals surface area contributed by atoms with E-state index in [1.54, 1.807) is 24.3 Å². The van der Waals surface area contributed by atoms with E-state index in [-0.39, 0.29) is 24.0 Å². The van der Waals surface area contributed by atoms with Gasteiger partial charge in [0.05, 0.1) is 0 Å². The second kappa shape index (κ2) is 12.9. The van der Waals surface area contributed by atoms with Crippen molar-refractivity contribution in [1.82, 2.24) is 9.88 Å². The Labute approximate surface area is 189 Å². The molecule has 0 saturated carbocycles. The zero-order chi connectivity index (χ0) is 23.3. The summed E-state index contributed by atoms with van der Waals surface area (Å²) in [7, 11) is 0. The maximum atomic E-state index is 13.1. The van der Waals surface area contributed by atoms with Gasteiger partial charge in [-0.2, -0.15) is 0 Å². The first-order chi connectivity index (χ1) is 15.5. The molecule has 1 aromatic heterocycles. The lowest BCUT2D eigenvalue weighted by Gasteiger charge is -2.15. The Morgan fingerprint density at radius 2 is 1.78 bits per heavy atom. The van der Waals surface area contributed by atoms with E-state index in [0.29, 0.717) is 37.9 Å². The van der Waals surface area contributed by atoms with E-state index in [0.717, 1.165) is 11.1 Å². The van der Waals surface area contributed by atoms with Crippen LogP contribution in [0, 0.1) is 0 Å². The Morgan fingerprint density at radius 3 is 2.44 bits per heavy atom. The number of hydrogen-bond acceptors (Lipinski definition) is 3. The molecule has 2 N–H and O–H groups in total. The summed E-state index contributed by atoms with van der Waals surface area (Å²) < 4.78 is 1.43. The standard InChI is InChI=1S/C26H31N3O3/c1-4-10-20(6-3)16-17-27-25(31)19-29-22(18-21-12-8-7-9-13-21)14-15-23(26(29)32)28-24(30)11-5-2/h4,6-10,12-15H,1,3,5,11,16-19H2,2H3,(H,27,31)(H,28,30)/b20-10+. The topological polar surface area (TPSA) is 80.2 Å². The molecule has 0 atom stereocenters. The molecule has 32 heavy (non-hydrogen) atoms. The lowest BCUT2D eigenvalue weighted by Crippen LogP contribution is -2.35. The number of nitrogens with zero attached hydrogens (tertiary/aromatic N) is 1. The summed E-state index contributed by atoms with van der Waals surface area (Å²) in [5.41, 5.74) is 2.47. The minimum atomic E-state index is -0.392. The number of aromatic nitrogens is 1. The SMILES string of the molecule is C=C/C=C(\C=C)CCNC(=O)Cn1c(Cc2ccccc2)ccc(NC(=O)CCC)c1=O. The number of hydrogen-bond donors (Lipinski definition) is 2. The number of pyridine rings is 1. The Balaban J connectivity index is 2.23. The van der Waals surface area contributed by atoms with Gasteiger partial charge in [0.2, 0.25) is 11.8 Å². The van der Waals surface area contributed by atoms with Crippen molar-refractivity contribution in [3.63, 3.8) is 0 Å². The van der Waals surface area contributed by atoms with Crippen LogP contribution in [0.1, 0.15) is 37.4 Å². The van der Waals surface area contributed by atoms with Crippen molar-refractivity contribution < 1.29 is 9.59 Å². The number of carbonyl (C=O) groups excluding carboxylic acids is 2. The zero-order valence-electron chi connectivity index (χ0n) is 18.6. The highest BCUT2D eigenvalue weighted by molar-refractivity contribution is 5.90. The number of allylic oxidation sites excluding steroid dienone is 3. The molecule has 2 aromatic rings. The lowest BCUT2D eigenvalue weighted by atomic mass is 10.1. The second-order valence-electron chi connectivity index (χ2n) is 7.37. The molecule has 0 fully saturated rings. The second-order valence-corrected chi connectivity index (χ2v) is 7.37. The van der Waals surface area contributed by atoms with Crippen LogP contribution in [-0.2, 0) is 22.6 Å². The quantitative estimate of drug-likeness (QED) is 0.497. The summed E-state index contributed by atoms with van der Waals surface area (Å²) in [6.45, 7) is 9.59. The summed E-state index contributed by atoms with van der Waals surface area (Å²) in [5.74, 6) is -0.497. The summed E-state index contributed by atoms with van der Waals surface area (Å²) in [5, 5.41) is 5.51. The zero-order valence-corrected chi connectivity index (χ0v) is 18.6. The van der Waals surface area contributed by atoms with E-state index < -0.39 is 5.56 Å². The van der Waals surface area contributed by atoms with Gasteiger partial charge in [-0.15, -0.1) is 0 Å². The van der Waals surface area contributed by atoms with Crippen LogP contribution in [0.5, 0.6) is 0 Å². The smallest absolute Gasteiger partial charge is 0.275 e. The van der Waals surface area contributed by atoms with Crippen molar-refractivity contribution in [2.75, 3.05) is 11.9 Å². The molecular weight excluding hydrogens is 402 g/mol. The maximum absolute atomic E-state index is 13.1. The fraction of sp³-hybridized carbons (Fsp3) is 0.269. The predicted octanol–water partition coefficient (Wildman–Crippen LogP) is 3.98. The van der Waals surface area contributed by atoms with Crippen molar-refractivity contribution in [3.05, 3.63) is 101 Å². The maximum Gasteiger partial charge on any atom is 0.275 e. The molecule has 168 valence electrons. The minimum Gasteiger partial charge on any atom is -0.354 e. The molecule has 0 radical (unpaired) electrons. The van der Waals surface area contributed by atoms with Crippen molar-refractivity contribution in [2.45, 2.75) is 39.2 Å². The van der Waals surface area contributed by atoms with Crippen molar-refractivity contribution in [3.8, 4) is 0 Å². The highest BCUT2D eigenvalue weighted by Gasteiger charge is 2.14. The molecule has 0 bridgehead atoms. The largest absolute Gasteiger partial charge is 0.354 e. The van der Waals surface area contributed by atoms with E-state index in [4.69, 9.17) is 0 Å². The van der Waals surface area contributed by atoms with Crippen molar-refractivity contribution in [2.24, 2.45) is 0 Å². The summed E-state index contributed by atoms with van der Waals surface area (Å²) in [6, 6.07) is 13.1. The lowest BCUT2D eigenvalue weighted by molar-refractivity contribution is -0.121. The van der Waals surface area contributed by atoms with Crippen LogP contribution < -0.4 is 16.2 Å². The summed E-state index contributed by atoms with van der Waals surface area (Å²) in [6.07, 6.45) is 7.35. The fourth-order valence-electron chi connectivity index (χ4n) is 3.23. The summed E-state index contributed by atoms with van der Waals surface area (Å²) >= 11 is 0. The molecule has 6 heteroatoms. The number of amides is 2. The Kier molecular flexibility index (Phi) is 9.91. The highest BCUT2D eigenvalue weighted by Crippen LogP contribution is 2.11. The third kappa shape index (κ3) is 7.54. The summed E-state index contributed by atoms with van der Waals surface area (Å²) in [4.78, 5) is 37.7. The van der Waals surface area contributed by atoms with Gasteiger partial charge in [-0.25, -0.2) is 0 Å². The third-order valence-corrected chi connectivity index (χ3v) is 4.88. The number of benzene rings is 1. The molecule has 0 aliphatic carbocycles. The first-order valence-corrected chi connectivity index (χ1v) is 10.8. The molecule has 0 aliphatic heterocycles. The van der Waals surface area contributed by atoms with Gasteiger partial charge in [-0.3, -0.25) is 14.4 Å². The van der Waals surface area contributed by atoms with Crippen LogP contribution in [0.15, 0.2) is 84.2 Å². The molecule has 0 unspecified atom stereocenters. The Hall–Kier alpha value is -3.67. The predicted molar refractivity (Wildman–Crippen MR) is 130 cm³/mol. The van der Waals surface area contributed by atoms with Crippen LogP contribution in [0.3, 0.4) is 0 Å². The van der Waals surface area contributed by atoms with E-state index in [1.807, 2.05) is 43.3 Å². The van der Waals surface area contributed by atoms with Gasteiger partial charge in [0.1, 0.15) is 12.2 Å². The molecule has 6 nitrogen and oxygen atoms in total. The molecule has 0 saturated heterocycles. The van der Waals surface area contributed by atoms with Crippen LogP contribution in [-0.4, -0.2) is 22.9 Å². The van der Waals surface area contributed by atoms with E-state index >= 15 is 0 Å². The first kappa shape index (κ1) is 24.6. The number of carbonyl (C=O) groups is 2. The first-order valence-electron chi connectivity index (χ1n) is 10.8. The van der Waals surface area contributed by atoms with E-state index in [2.05, 4.69) is 23.8 Å². The van der Waals surface area contributed by atoms with Gasteiger partial charge in [-0.05, 0) is 36.1 Å². The highest BCUT2D eigenvalue weighted by atomic mass is 16.2. The van der Waals surface area contributed by atoms with Gasteiger partial charge in [-0.1, -0.05) is 68.6 Å².